The minimum atomic E-state index is -0.399. The molecule has 1 aliphatic rings. The third kappa shape index (κ3) is 10.9. The molecule has 0 atom stereocenters. The summed E-state index contributed by atoms with van der Waals surface area (Å²) in [6, 6.07) is 14.8. The second kappa shape index (κ2) is 17.9. The van der Waals surface area contributed by atoms with Crippen LogP contribution in [0.3, 0.4) is 0 Å². The van der Waals surface area contributed by atoms with Gasteiger partial charge in [-0.05, 0) is 54.6 Å². The van der Waals surface area contributed by atoms with Gasteiger partial charge in [0.2, 0.25) is 5.78 Å². The zero-order valence-electron chi connectivity index (χ0n) is 23.7. The van der Waals surface area contributed by atoms with E-state index < -0.39 is 5.78 Å². The highest BCUT2D eigenvalue weighted by atomic mass is 16.3. The largest absolute Gasteiger partial charge is 0.506 e. The van der Waals surface area contributed by atoms with Crippen molar-refractivity contribution in [3.05, 3.63) is 72.1 Å². The molecule has 8 N–H and O–H groups in total. The summed E-state index contributed by atoms with van der Waals surface area (Å²) in [7, 11) is 0. The molecular formula is C30H42N6O6. The number of hydrogen-bond acceptors (Lipinski definition) is 12. The molecule has 2 aromatic rings. The molecule has 0 fully saturated rings. The molecule has 1 aliphatic carbocycles. The van der Waals surface area contributed by atoms with Crippen LogP contribution in [0, 0.1) is 0 Å². The number of carbonyl (C=O) groups excluding carboxylic acids is 1. The van der Waals surface area contributed by atoms with Gasteiger partial charge < -0.3 is 41.5 Å². The Hall–Kier alpha value is -3.78. The Morgan fingerprint density at radius 3 is 1.55 bits per heavy atom. The fourth-order valence-corrected chi connectivity index (χ4v) is 4.32. The molecule has 42 heavy (non-hydrogen) atoms. The van der Waals surface area contributed by atoms with Crippen LogP contribution in [-0.4, -0.2) is 126 Å². The number of allylic oxidation sites excluding steroid dienone is 2. The van der Waals surface area contributed by atoms with E-state index in [-0.39, 0.29) is 37.9 Å². The summed E-state index contributed by atoms with van der Waals surface area (Å²) in [5, 5.41) is 56.6. The molecule has 0 bridgehead atoms. The number of rotatable bonds is 19. The van der Waals surface area contributed by atoms with Gasteiger partial charge in [-0.25, -0.2) is 4.99 Å². The van der Waals surface area contributed by atoms with Crippen molar-refractivity contribution in [1.82, 2.24) is 9.80 Å². The highest BCUT2D eigenvalue weighted by Gasteiger charge is 2.19. The first kappa shape index (κ1) is 32.7. The Bertz CT molecular complexity index is 1190. The number of nitrogens with one attached hydrogen (secondary N) is 3. The predicted octanol–water partition coefficient (Wildman–Crippen LogP) is 1.18. The Morgan fingerprint density at radius 1 is 0.619 bits per heavy atom. The Morgan fingerprint density at radius 2 is 1.07 bits per heavy atom. The van der Waals surface area contributed by atoms with E-state index in [1.807, 2.05) is 46.2 Å². The fourth-order valence-electron chi connectivity index (χ4n) is 4.32. The van der Waals surface area contributed by atoms with E-state index in [0.717, 1.165) is 23.1 Å². The van der Waals surface area contributed by atoms with E-state index in [4.69, 9.17) is 20.4 Å². The van der Waals surface area contributed by atoms with Crippen LogP contribution in [0.5, 0.6) is 0 Å². The molecule has 0 aliphatic heterocycles. The van der Waals surface area contributed by atoms with Crippen LogP contribution >= 0.6 is 0 Å². The number of anilines is 3. The molecule has 2 aromatic carbocycles. The van der Waals surface area contributed by atoms with Crippen LogP contribution in [0.1, 0.15) is 0 Å². The molecule has 0 amide bonds. The maximum Gasteiger partial charge on any atom is 0.208 e. The molecule has 0 radical (unpaired) electrons. The van der Waals surface area contributed by atoms with E-state index in [2.05, 4.69) is 20.9 Å². The summed E-state index contributed by atoms with van der Waals surface area (Å²) >= 11 is 0. The standard InChI is InChI=1S/C30H42N6O6/c37-17-13-35(14-18-38)11-9-31-23-1-5-25(6-2-23)33-27-21-28(30(42)22-29(27)41)34-26-7-3-24(4-8-26)32-10-12-36(15-19-39)16-20-40/h1-8,21-22,31-33,37-41H,9-20H2. The van der Waals surface area contributed by atoms with E-state index in [9.17, 15) is 9.90 Å². The zero-order valence-corrected chi connectivity index (χ0v) is 23.7. The Labute approximate surface area is 246 Å². The smallest absolute Gasteiger partial charge is 0.208 e. The number of ketones is 1. The molecule has 3 rings (SSSR count). The topological polar surface area (TPSA) is 173 Å². The number of aliphatic hydroxyl groups excluding tert-OH is 5. The third-order valence-corrected chi connectivity index (χ3v) is 6.54. The average molecular weight is 583 g/mol. The van der Waals surface area contributed by atoms with Crippen molar-refractivity contribution in [2.75, 3.05) is 94.7 Å². The second-order valence-electron chi connectivity index (χ2n) is 9.63. The van der Waals surface area contributed by atoms with Crippen LogP contribution < -0.4 is 16.0 Å². The highest BCUT2D eigenvalue weighted by molar-refractivity contribution is 6.49. The summed E-state index contributed by atoms with van der Waals surface area (Å²) in [5.74, 6) is -0.575. The Balaban J connectivity index is 1.57. The lowest BCUT2D eigenvalue weighted by Gasteiger charge is -2.20. The summed E-state index contributed by atoms with van der Waals surface area (Å²) in [5.41, 5.74) is 3.62. The SMILES string of the molecule is O=C1C=C(O)C(Nc2ccc(NCCN(CCO)CCO)cc2)=CC1=Nc1ccc(NCCN(CCO)CCO)cc1. The number of benzene rings is 2. The molecule has 0 unspecified atom stereocenters. The van der Waals surface area contributed by atoms with Gasteiger partial charge >= 0.3 is 0 Å². The number of carbonyl (C=O) groups is 1. The van der Waals surface area contributed by atoms with Crippen LogP contribution in [0.2, 0.25) is 0 Å². The van der Waals surface area contributed by atoms with Crippen molar-refractivity contribution >= 4 is 34.2 Å². The number of aliphatic hydroxyl groups is 5. The van der Waals surface area contributed by atoms with Crippen molar-refractivity contribution in [3.8, 4) is 0 Å². The maximum absolute atomic E-state index is 12.5. The number of nitrogens with zero attached hydrogens (tertiary/aromatic N) is 3. The monoisotopic (exact) mass is 582 g/mol. The van der Waals surface area contributed by atoms with Crippen molar-refractivity contribution in [1.29, 1.82) is 0 Å². The molecule has 0 heterocycles. The number of hydrogen-bond donors (Lipinski definition) is 8. The van der Waals surface area contributed by atoms with Crippen LogP contribution in [0.4, 0.5) is 22.7 Å². The van der Waals surface area contributed by atoms with E-state index >= 15 is 0 Å². The molecule has 0 saturated heterocycles. The summed E-state index contributed by atoms with van der Waals surface area (Å²) in [6.07, 6.45) is 2.66. The van der Waals surface area contributed by atoms with E-state index in [1.54, 1.807) is 12.1 Å². The maximum atomic E-state index is 12.5. The lowest BCUT2D eigenvalue weighted by molar-refractivity contribution is -0.109. The van der Waals surface area contributed by atoms with Gasteiger partial charge in [0, 0.05) is 75.5 Å². The van der Waals surface area contributed by atoms with Gasteiger partial charge in [-0.1, -0.05) is 0 Å². The van der Waals surface area contributed by atoms with Gasteiger partial charge in [-0.15, -0.1) is 0 Å². The molecular weight excluding hydrogens is 540 g/mol. The molecule has 228 valence electrons. The van der Waals surface area contributed by atoms with Crippen LogP contribution in [0.15, 0.2) is 77.1 Å². The Kier molecular flexibility index (Phi) is 14.0. The van der Waals surface area contributed by atoms with Crippen LogP contribution in [-0.2, 0) is 4.79 Å². The first-order valence-electron chi connectivity index (χ1n) is 14.0. The highest BCUT2D eigenvalue weighted by Crippen LogP contribution is 2.22. The minimum Gasteiger partial charge on any atom is -0.506 e. The molecule has 0 spiro atoms. The first-order chi connectivity index (χ1) is 20.4. The first-order valence-corrected chi connectivity index (χ1v) is 14.0. The summed E-state index contributed by atoms with van der Waals surface area (Å²) in [4.78, 5) is 20.9. The lowest BCUT2D eigenvalue weighted by atomic mass is 10.1. The van der Waals surface area contributed by atoms with Gasteiger partial charge in [-0.3, -0.25) is 14.6 Å². The van der Waals surface area contributed by atoms with E-state index in [1.165, 1.54) is 6.08 Å². The van der Waals surface area contributed by atoms with Crippen LogP contribution in [0.25, 0.3) is 0 Å². The van der Waals surface area contributed by atoms with Crippen molar-refractivity contribution in [2.45, 2.75) is 0 Å². The average Bonchev–Trinajstić information content (AvgIpc) is 2.98. The predicted molar refractivity (Wildman–Crippen MR) is 166 cm³/mol. The van der Waals surface area contributed by atoms with Gasteiger partial charge in [0.1, 0.15) is 11.5 Å². The molecule has 0 saturated carbocycles. The lowest BCUT2D eigenvalue weighted by Crippen LogP contribution is -2.34. The quantitative estimate of drug-likeness (QED) is 0.112. The fraction of sp³-hybridized carbons (Fsp3) is 0.400. The van der Waals surface area contributed by atoms with Gasteiger partial charge in [0.25, 0.3) is 0 Å². The minimum absolute atomic E-state index is 0.0375. The van der Waals surface area contributed by atoms with Crippen molar-refractivity contribution < 1.29 is 30.3 Å². The van der Waals surface area contributed by atoms with Gasteiger partial charge in [0.05, 0.1) is 37.8 Å². The molecule has 0 aromatic heterocycles. The zero-order chi connectivity index (χ0) is 30.2. The second-order valence-corrected chi connectivity index (χ2v) is 9.63. The van der Waals surface area contributed by atoms with Crippen molar-refractivity contribution in [2.24, 2.45) is 4.99 Å². The summed E-state index contributed by atoms with van der Waals surface area (Å²) < 4.78 is 0. The van der Waals surface area contributed by atoms with E-state index in [0.29, 0.717) is 63.7 Å². The van der Waals surface area contributed by atoms with Gasteiger partial charge in [-0.2, -0.15) is 0 Å². The molecule has 12 heteroatoms. The van der Waals surface area contributed by atoms with Crippen molar-refractivity contribution in [3.63, 3.8) is 0 Å². The van der Waals surface area contributed by atoms with Gasteiger partial charge in [0.15, 0.2) is 0 Å². The third-order valence-electron chi connectivity index (χ3n) is 6.54. The summed E-state index contributed by atoms with van der Waals surface area (Å²) in [6.45, 7) is 4.81. The number of aliphatic imine (C=N–C) groups is 1. The molecule has 12 nitrogen and oxygen atoms in total. The normalized spacial score (nSPS) is 14.3.